The monoisotopic (exact) mass is 266 g/mol. The molecule has 0 bridgehead atoms. The number of nitrogens with zero attached hydrogens (tertiary/aromatic N) is 1. The number of anilines is 1. The van der Waals surface area contributed by atoms with Gasteiger partial charge in [0.05, 0.1) is 0 Å². The van der Waals surface area contributed by atoms with Gasteiger partial charge >= 0.3 is 0 Å². The Morgan fingerprint density at radius 2 is 2.28 bits per heavy atom. The van der Waals surface area contributed by atoms with E-state index in [2.05, 4.69) is 36.2 Å². The van der Waals surface area contributed by atoms with Crippen molar-refractivity contribution in [1.82, 2.24) is 5.32 Å². The Hall–Kier alpha value is -0.730. The van der Waals surface area contributed by atoms with Crippen molar-refractivity contribution in [3.8, 4) is 0 Å². The van der Waals surface area contributed by atoms with Crippen molar-refractivity contribution in [3.05, 3.63) is 28.8 Å². The molecule has 2 nitrogen and oxygen atoms in total. The largest absolute Gasteiger partial charge is 0.369 e. The van der Waals surface area contributed by atoms with Crippen LogP contribution in [0.5, 0.6) is 0 Å². The quantitative estimate of drug-likeness (QED) is 0.815. The Morgan fingerprint density at radius 3 is 2.94 bits per heavy atom. The smallest absolute Gasteiger partial charge is 0.0429 e. The van der Waals surface area contributed by atoms with Gasteiger partial charge in [0.2, 0.25) is 0 Å². The molecule has 100 valence electrons. The fraction of sp³-hybridized carbons (Fsp3) is 0.600. The first-order valence-corrected chi connectivity index (χ1v) is 7.36. The predicted molar refractivity (Wildman–Crippen MR) is 79.5 cm³/mol. The first-order chi connectivity index (χ1) is 8.72. The standard InChI is InChI=1S/C15H23ClN2/c1-3-8-17-11-13-6-7-14(16)10-15(13)18-9-4-5-12(18)2/h6-7,10,12,17H,3-5,8-9,11H2,1-2H3. The van der Waals surface area contributed by atoms with Crippen molar-refractivity contribution in [2.24, 2.45) is 0 Å². The fourth-order valence-electron chi connectivity index (χ4n) is 2.64. The third-order valence-electron chi connectivity index (χ3n) is 3.65. The molecule has 0 aromatic heterocycles. The zero-order chi connectivity index (χ0) is 13.0. The summed E-state index contributed by atoms with van der Waals surface area (Å²) < 4.78 is 0. The van der Waals surface area contributed by atoms with Crippen molar-refractivity contribution >= 4 is 17.3 Å². The molecule has 1 saturated heterocycles. The lowest BCUT2D eigenvalue weighted by Crippen LogP contribution is -2.28. The highest BCUT2D eigenvalue weighted by Crippen LogP contribution is 2.30. The van der Waals surface area contributed by atoms with Crippen LogP contribution in [0, 0.1) is 0 Å². The van der Waals surface area contributed by atoms with E-state index >= 15 is 0 Å². The summed E-state index contributed by atoms with van der Waals surface area (Å²) in [5, 5.41) is 4.32. The van der Waals surface area contributed by atoms with E-state index in [0.717, 1.165) is 24.7 Å². The fourth-order valence-corrected chi connectivity index (χ4v) is 2.81. The third kappa shape index (κ3) is 3.18. The minimum atomic E-state index is 0.633. The Balaban J connectivity index is 2.17. The second-order valence-electron chi connectivity index (χ2n) is 5.13. The van der Waals surface area contributed by atoms with Crippen LogP contribution in [-0.4, -0.2) is 19.1 Å². The molecule has 3 heteroatoms. The second-order valence-corrected chi connectivity index (χ2v) is 5.57. The van der Waals surface area contributed by atoms with Gasteiger partial charge in [-0.25, -0.2) is 0 Å². The lowest BCUT2D eigenvalue weighted by atomic mass is 10.1. The molecule has 1 N–H and O–H groups in total. The van der Waals surface area contributed by atoms with Crippen molar-refractivity contribution in [1.29, 1.82) is 0 Å². The van der Waals surface area contributed by atoms with Crippen LogP contribution in [-0.2, 0) is 6.54 Å². The summed E-state index contributed by atoms with van der Waals surface area (Å²) in [4.78, 5) is 2.49. The average Bonchev–Trinajstić information content (AvgIpc) is 2.77. The number of hydrogen-bond acceptors (Lipinski definition) is 2. The van der Waals surface area contributed by atoms with Gasteiger partial charge in [-0.3, -0.25) is 0 Å². The van der Waals surface area contributed by atoms with Gasteiger partial charge in [0.1, 0.15) is 0 Å². The second kappa shape index (κ2) is 6.44. The number of benzene rings is 1. The van der Waals surface area contributed by atoms with Crippen LogP contribution in [0.15, 0.2) is 18.2 Å². The zero-order valence-corrected chi connectivity index (χ0v) is 12.1. The van der Waals surface area contributed by atoms with Crippen LogP contribution in [0.1, 0.15) is 38.7 Å². The normalized spacial score (nSPS) is 19.5. The van der Waals surface area contributed by atoms with E-state index in [1.54, 1.807) is 0 Å². The Morgan fingerprint density at radius 1 is 1.44 bits per heavy atom. The summed E-state index contributed by atoms with van der Waals surface area (Å²) >= 11 is 6.16. The van der Waals surface area contributed by atoms with Gasteiger partial charge in [-0.1, -0.05) is 24.6 Å². The Labute approximate surface area is 115 Å². The molecule has 1 fully saturated rings. The molecule has 0 aliphatic carbocycles. The van der Waals surface area contributed by atoms with Crippen LogP contribution in [0.2, 0.25) is 5.02 Å². The van der Waals surface area contributed by atoms with E-state index in [1.807, 2.05) is 6.07 Å². The summed E-state index contributed by atoms with van der Waals surface area (Å²) in [7, 11) is 0. The van der Waals surface area contributed by atoms with E-state index in [4.69, 9.17) is 11.6 Å². The Kier molecular flexibility index (Phi) is 4.90. The molecule has 1 aromatic rings. The molecule has 0 saturated carbocycles. The molecular weight excluding hydrogens is 244 g/mol. The van der Waals surface area contributed by atoms with Crippen LogP contribution in [0.3, 0.4) is 0 Å². The first-order valence-electron chi connectivity index (χ1n) is 6.98. The topological polar surface area (TPSA) is 15.3 Å². The van der Waals surface area contributed by atoms with Gasteiger partial charge in [0.25, 0.3) is 0 Å². The number of nitrogens with one attached hydrogen (secondary N) is 1. The lowest BCUT2D eigenvalue weighted by molar-refractivity contribution is 0.669. The molecule has 2 rings (SSSR count). The van der Waals surface area contributed by atoms with E-state index in [0.29, 0.717) is 6.04 Å². The van der Waals surface area contributed by atoms with Gasteiger partial charge in [-0.2, -0.15) is 0 Å². The molecule has 0 radical (unpaired) electrons. The Bertz CT molecular complexity index is 392. The van der Waals surface area contributed by atoms with E-state index < -0.39 is 0 Å². The van der Waals surface area contributed by atoms with Gasteiger partial charge in [-0.05, 0) is 50.4 Å². The van der Waals surface area contributed by atoms with Gasteiger partial charge in [-0.15, -0.1) is 0 Å². The van der Waals surface area contributed by atoms with Crippen molar-refractivity contribution in [3.63, 3.8) is 0 Å². The van der Waals surface area contributed by atoms with E-state index in [9.17, 15) is 0 Å². The van der Waals surface area contributed by atoms with Gasteiger partial charge < -0.3 is 10.2 Å². The SMILES string of the molecule is CCCNCc1ccc(Cl)cc1N1CCCC1C. The zero-order valence-electron chi connectivity index (χ0n) is 11.4. The molecule has 1 atom stereocenters. The molecule has 1 aliphatic rings. The number of hydrogen-bond donors (Lipinski definition) is 1. The molecule has 1 unspecified atom stereocenters. The maximum absolute atomic E-state index is 6.16. The summed E-state index contributed by atoms with van der Waals surface area (Å²) in [6, 6.07) is 6.90. The minimum Gasteiger partial charge on any atom is -0.369 e. The van der Waals surface area contributed by atoms with Gasteiger partial charge in [0.15, 0.2) is 0 Å². The first kappa shape index (κ1) is 13.7. The van der Waals surface area contributed by atoms with E-state index in [-0.39, 0.29) is 0 Å². The molecular formula is C15H23ClN2. The highest BCUT2D eigenvalue weighted by molar-refractivity contribution is 6.30. The van der Waals surface area contributed by atoms with Crippen LogP contribution >= 0.6 is 11.6 Å². The molecule has 0 amide bonds. The molecule has 1 heterocycles. The van der Waals surface area contributed by atoms with Crippen molar-refractivity contribution < 1.29 is 0 Å². The molecule has 1 aliphatic heterocycles. The average molecular weight is 267 g/mol. The highest BCUT2D eigenvalue weighted by atomic mass is 35.5. The lowest BCUT2D eigenvalue weighted by Gasteiger charge is -2.27. The molecule has 0 spiro atoms. The predicted octanol–water partition coefficient (Wildman–Crippen LogP) is 3.83. The maximum Gasteiger partial charge on any atom is 0.0429 e. The van der Waals surface area contributed by atoms with Crippen LogP contribution < -0.4 is 10.2 Å². The number of rotatable bonds is 5. The van der Waals surface area contributed by atoms with Crippen molar-refractivity contribution in [2.75, 3.05) is 18.0 Å². The van der Waals surface area contributed by atoms with Crippen LogP contribution in [0.25, 0.3) is 0 Å². The van der Waals surface area contributed by atoms with Gasteiger partial charge in [0, 0.05) is 29.8 Å². The minimum absolute atomic E-state index is 0.633. The summed E-state index contributed by atoms with van der Waals surface area (Å²) in [6.45, 7) is 7.65. The molecule has 1 aromatic carbocycles. The molecule has 18 heavy (non-hydrogen) atoms. The van der Waals surface area contributed by atoms with Crippen LogP contribution in [0.4, 0.5) is 5.69 Å². The maximum atomic E-state index is 6.16. The number of halogens is 1. The summed E-state index contributed by atoms with van der Waals surface area (Å²) in [5.74, 6) is 0. The van der Waals surface area contributed by atoms with E-state index in [1.165, 1.54) is 30.5 Å². The highest BCUT2D eigenvalue weighted by Gasteiger charge is 2.22. The third-order valence-corrected chi connectivity index (χ3v) is 3.89. The summed E-state index contributed by atoms with van der Waals surface area (Å²) in [6.07, 6.45) is 3.74. The van der Waals surface area contributed by atoms with Crippen molar-refractivity contribution in [2.45, 2.75) is 45.7 Å². The summed E-state index contributed by atoms with van der Waals surface area (Å²) in [5.41, 5.74) is 2.68.